The standard InChI is InChI=1S/C19H20N4OS2.ClH/c1-12-22-16(14-5-3-2-4-6-14)17(25-12)18(24)23-19-21-11-15(26-19)13-7-9-20-10-8-13;/h2-6,11,13,20H,7-10H2,1H3,(H,21,23,24);1H. The molecule has 1 fully saturated rings. The summed E-state index contributed by atoms with van der Waals surface area (Å²) in [6.07, 6.45) is 4.16. The van der Waals surface area contributed by atoms with E-state index in [1.807, 2.05) is 43.5 Å². The summed E-state index contributed by atoms with van der Waals surface area (Å²) in [5.41, 5.74) is 1.69. The van der Waals surface area contributed by atoms with Gasteiger partial charge in [-0.15, -0.1) is 35.1 Å². The molecular formula is C19H21ClN4OS2. The number of halogens is 1. The third kappa shape index (κ3) is 4.55. The Morgan fingerprint density at radius 1 is 1.19 bits per heavy atom. The molecule has 8 heteroatoms. The molecule has 0 bridgehead atoms. The number of carbonyl (C=O) groups excluding carboxylic acids is 1. The van der Waals surface area contributed by atoms with Gasteiger partial charge in [0.25, 0.3) is 5.91 Å². The van der Waals surface area contributed by atoms with Crippen LogP contribution in [0.1, 0.15) is 38.3 Å². The van der Waals surface area contributed by atoms with Gasteiger partial charge in [-0.2, -0.15) is 0 Å². The van der Waals surface area contributed by atoms with E-state index in [1.165, 1.54) is 16.2 Å². The molecule has 0 unspecified atom stereocenters. The Labute approximate surface area is 172 Å². The third-order valence-electron chi connectivity index (χ3n) is 4.47. The molecule has 0 saturated carbocycles. The molecule has 5 nitrogen and oxygen atoms in total. The number of aromatic nitrogens is 2. The Kier molecular flexibility index (Phi) is 6.59. The molecule has 27 heavy (non-hydrogen) atoms. The van der Waals surface area contributed by atoms with Crippen LogP contribution in [0.25, 0.3) is 11.3 Å². The number of amides is 1. The smallest absolute Gasteiger partial charge is 0.269 e. The van der Waals surface area contributed by atoms with Crippen molar-refractivity contribution in [2.45, 2.75) is 25.7 Å². The fourth-order valence-electron chi connectivity index (χ4n) is 3.17. The molecule has 2 aromatic heterocycles. The highest BCUT2D eigenvalue weighted by Gasteiger charge is 2.21. The van der Waals surface area contributed by atoms with E-state index in [2.05, 4.69) is 20.6 Å². The number of nitrogens with zero attached hydrogens (tertiary/aromatic N) is 2. The van der Waals surface area contributed by atoms with Gasteiger partial charge < -0.3 is 5.32 Å². The van der Waals surface area contributed by atoms with Gasteiger partial charge in [-0.1, -0.05) is 30.3 Å². The number of hydrogen-bond donors (Lipinski definition) is 2. The van der Waals surface area contributed by atoms with Crippen molar-refractivity contribution in [3.05, 3.63) is 51.3 Å². The molecule has 0 spiro atoms. The van der Waals surface area contributed by atoms with Gasteiger partial charge >= 0.3 is 0 Å². The molecule has 1 saturated heterocycles. The van der Waals surface area contributed by atoms with E-state index in [0.29, 0.717) is 15.9 Å². The van der Waals surface area contributed by atoms with E-state index in [-0.39, 0.29) is 18.3 Å². The predicted molar refractivity (Wildman–Crippen MR) is 114 cm³/mol. The van der Waals surface area contributed by atoms with E-state index < -0.39 is 0 Å². The molecule has 4 rings (SSSR count). The molecule has 1 aliphatic heterocycles. The van der Waals surface area contributed by atoms with E-state index in [1.54, 1.807) is 11.3 Å². The molecule has 1 aliphatic rings. The highest BCUT2D eigenvalue weighted by atomic mass is 35.5. The summed E-state index contributed by atoms with van der Waals surface area (Å²) in [6.45, 7) is 4.02. The topological polar surface area (TPSA) is 66.9 Å². The first-order valence-electron chi connectivity index (χ1n) is 8.71. The molecule has 3 aromatic rings. The van der Waals surface area contributed by atoms with Crippen LogP contribution in [-0.4, -0.2) is 29.0 Å². The van der Waals surface area contributed by atoms with Crippen molar-refractivity contribution in [2.75, 3.05) is 18.4 Å². The summed E-state index contributed by atoms with van der Waals surface area (Å²) in [5, 5.41) is 7.88. The minimum Gasteiger partial charge on any atom is -0.317 e. The third-order valence-corrected chi connectivity index (χ3v) is 6.52. The second kappa shape index (κ2) is 8.93. The van der Waals surface area contributed by atoms with Crippen molar-refractivity contribution in [2.24, 2.45) is 0 Å². The molecule has 0 radical (unpaired) electrons. The average molecular weight is 421 g/mol. The average Bonchev–Trinajstić information content (AvgIpc) is 3.30. The quantitative estimate of drug-likeness (QED) is 0.641. The molecule has 0 aliphatic carbocycles. The first-order valence-corrected chi connectivity index (χ1v) is 10.3. The monoisotopic (exact) mass is 420 g/mol. The van der Waals surface area contributed by atoms with Crippen LogP contribution in [0, 0.1) is 6.92 Å². The van der Waals surface area contributed by atoms with E-state index >= 15 is 0 Å². The van der Waals surface area contributed by atoms with Gasteiger partial charge in [-0.05, 0) is 38.8 Å². The zero-order chi connectivity index (χ0) is 17.9. The number of rotatable bonds is 4. The predicted octanol–water partition coefficient (Wildman–Crippen LogP) is 4.72. The van der Waals surface area contributed by atoms with Gasteiger partial charge in [0.15, 0.2) is 5.13 Å². The van der Waals surface area contributed by atoms with Gasteiger partial charge in [0.1, 0.15) is 4.88 Å². The second-order valence-corrected chi connectivity index (χ2v) is 8.59. The molecule has 2 N–H and O–H groups in total. The number of hydrogen-bond acceptors (Lipinski definition) is 6. The van der Waals surface area contributed by atoms with Gasteiger partial charge in [0.2, 0.25) is 0 Å². The molecular weight excluding hydrogens is 400 g/mol. The van der Waals surface area contributed by atoms with Crippen LogP contribution in [0.15, 0.2) is 36.5 Å². The van der Waals surface area contributed by atoms with Crippen molar-refractivity contribution in [3.63, 3.8) is 0 Å². The van der Waals surface area contributed by atoms with E-state index in [9.17, 15) is 4.79 Å². The number of aryl methyl sites for hydroxylation is 1. The lowest BCUT2D eigenvalue weighted by molar-refractivity contribution is 0.103. The number of carbonyl (C=O) groups is 1. The Morgan fingerprint density at radius 2 is 1.93 bits per heavy atom. The minimum absolute atomic E-state index is 0. The van der Waals surface area contributed by atoms with Gasteiger partial charge in [-0.3, -0.25) is 10.1 Å². The maximum absolute atomic E-state index is 12.8. The lowest BCUT2D eigenvalue weighted by atomic mass is 9.97. The van der Waals surface area contributed by atoms with Crippen molar-refractivity contribution in [1.82, 2.24) is 15.3 Å². The summed E-state index contributed by atoms with van der Waals surface area (Å²) < 4.78 is 0. The van der Waals surface area contributed by atoms with Crippen molar-refractivity contribution >= 4 is 46.1 Å². The highest BCUT2D eigenvalue weighted by molar-refractivity contribution is 7.16. The lowest BCUT2D eigenvalue weighted by Crippen LogP contribution is -2.26. The molecule has 3 heterocycles. The van der Waals surface area contributed by atoms with Crippen LogP contribution in [0.2, 0.25) is 0 Å². The second-order valence-electron chi connectivity index (χ2n) is 6.32. The minimum atomic E-state index is -0.138. The van der Waals surface area contributed by atoms with Crippen molar-refractivity contribution < 1.29 is 4.79 Å². The summed E-state index contributed by atoms with van der Waals surface area (Å²) in [5.74, 6) is 0.408. The number of piperidine rings is 1. The zero-order valence-corrected chi connectivity index (χ0v) is 17.3. The van der Waals surface area contributed by atoms with Crippen molar-refractivity contribution in [3.8, 4) is 11.3 Å². The zero-order valence-electron chi connectivity index (χ0n) is 14.9. The SMILES string of the molecule is Cc1nc(-c2ccccc2)c(C(=O)Nc2ncc(C3CCNCC3)s2)s1.Cl. The molecule has 142 valence electrons. The molecule has 1 aromatic carbocycles. The summed E-state index contributed by atoms with van der Waals surface area (Å²) in [4.78, 5) is 23.7. The summed E-state index contributed by atoms with van der Waals surface area (Å²) in [7, 11) is 0. The van der Waals surface area contributed by atoms with Gasteiger partial charge in [-0.25, -0.2) is 9.97 Å². The van der Waals surface area contributed by atoms with Crippen molar-refractivity contribution in [1.29, 1.82) is 0 Å². The fourth-order valence-corrected chi connectivity index (χ4v) is 4.98. The maximum atomic E-state index is 12.8. The summed E-state index contributed by atoms with van der Waals surface area (Å²) in [6, 6.07) is 9.82. The number of thiazole rings is 2. The van der Waals surface area contributed by atoms with Crippen LogP contribution in [0.4, 0.5) is 5.13 Å². The van der Waals surface area contributed by atoms with Crippen LogP contribution in [-0.2, 0) is 0 Å². The van der Waals surface area contributed by atoms with Crippen LogP contribution in [0.5, 0.6) is 0 Å². The van der Waals surface area contributed by atoms with E-state index in [0.717, 1.165) is 42.2 Å². The summed E-state index contributed by atoms with van der Waals surface area (Å²) >= 11 is 3.00. The number of nitrogens with one attached hydrogen (secondary N) is 2. The van der Waals surface area contributed by atoms with Gasteiger partial charge in [0.05, 0.1) is 10.7 Å². The first-order chi connectivity index (χ1) is 12.7. The Hall–Kier alpha value is -1.80. The highest BCUT2D eigenvalue weighted by Crippen LogP contribution is 2.33. The largest absolute Gasteiger partial charge is 0.317 e. The Bertz CT molecular complexity index is 904. The van der Waals surface area contributed by atoms with E-state index in [4.69, 9.17) is 0 Å². The molecule has 1 amide bonds. The molecule has 0 atom stereocenters. The fraction of sp³-hybridized carbons (Fsp3) is 0.316. The van der Waals surface area contributed by atoms with Gasteiger partial charge in [0, 0.05) is 16.6 Å². The first kappa shape index (κ1) is 19.9. The van der Waals surface area contributed by atoms with Crippen LogP contribution in [0.3, 0.4) is 0 Å². The number of benzene rings is 1. The maximum Gasteiger partial charge on any atom is 0.269 e. The van der Waals surface area contributed by atoms with Crippen LogP contribution < -0.4 is 10.6 Å². The normalized spacial score (nSPS) is 14.6. The van der Waals surface area contributed by atoms with Crippen LogP contribution >= 0.6 is 35.1 Å². The number of anilines is 1. The lowest BCUT2D eigenvalue weighted by Gasteiger charge is -2.20. The Balaban J connectivity index is 0.00000210. The Morgan fingerprint density at radius 3 is 2.67 bits per heavy atom.